The summed E-state index contributed by atoms with van der Waals surface area (Å²) in [6, 6.07) is 4.39. The van der Waals surface area contributed by atoms with Crippen LogP contribution in [0.15, 0.2) is 18.2 Å². The summed E-state index contributed by atoms with van der Waals surface area (Å²) < 4.78 is 34.9. The molecule has 0 amide bonds. The molecule has 2 nitrogen and oxygen atoms in total. The quantitative estimate of drug-likeness (QED) is 0.785. The van der Waals surface area contributed by atoms with Crippen LogP contribution in [0.3, 0.4) is 0 Å². The first kappa shape index (κ1) is 11.9. The molecule has 0 spiro atoms. The summed E-state index contributed by atoms with van der Waals surface area (Å²) in [4.78, 5) is 0. The Hall–Kier alpha value is -0.610. The average Bonchev–Trinajstić information content (AvgIpc) is 2.90. The molecule has 2 rings (SSSR count). The summed E-state index contributed by atoms with van der Waals surface area (Å²) >= 11 is 0. The van der Waals surface area contributed by atoms with E-state index in [1.807, 2.05) is 0 Å². The van der Waals surface area contributed by atoms with Crippen molar-refractivity contribution in [1.29, 1.82) is 0 Å². The molecule has 1 aromatic carbocycles. The van der Waals surface area contributed by atoms with Gasteiger partial charge >= 0.3 is 0 Å². The Morgan fingerprint density at radius 2 is 2.06 bits per heavy atom. The molecule has 16 heavy (non-hydrogen) atoms. The zero-order chi connectivity index (χ0) is 12.0. The summed E-state index contributed by atoms with van der Waals surface area (Å²) in [6.07, 6.45) is 1.57. The Balaban J connectivity index is 2.29. The van der Waals surface area contributed by atoms with E-state index in [1.54, 1.807) is 13.0 Å². The molecule has 0 bridgehead atoms. The van der Waals surface area contributed by atoms with Crippen LogP contribution in [-0.4, -0.2) is 13.2 Å². The van der Waals surface area contributed by atoms with Crippen molar-refractivity contribution in [3.63, 3.8) is 0 Å². The number of hydrogen-bond acceptors (Lipinski definition) is 2. The Kier molecular flexibility index (Phi) is 2.75. The lowest BCUT2D eigenvalue weighted by atomic mass is 10.0. The molecular formula is C11H12ClFO2S. The first-order chi connectivity index (χ1) is 7.34. The van der Waals surface area contributed by atoms with E-state index >= 15 is 0 Å². The highest BCUT2D eigenvalue weighted by Gasteiger charge is 2.53. The summed E-state index contributed by atoms with van der Waals surface area (Å²) in [6.45, 7) is 1.77. The maximum Gasteiger partial charge on any atom is 0.238 e. The molecule has 0 atom stereocenters. The van der Waals surface area contributed by atoms with E-state index in [-0.39, 0.29) is 5.82 Å². The third-order valence-electron chi connectivity index (χ3n) is 3.14. The van der Waals surface area contributed by atoms with Gasteiger partial charge in [-0.1, -0.05) is 6.07 Å². The van der Waals surface area contributed by atoms with Crippen molar-refractivity contribution >= 4 is 19.7 Å². The van der Waals surface area contributed by atoms with E-state index in [1.165, 1.54) is 12.1 Å². The molecule has 0 saturated heterocycles. The van der Waals surface area contributed by atoms with Gasteiger partial charge in [-0.25, -0.2) is 12.8 Å². The lowest BCUT2D eigenvalue weighted by molar-refractivity contribution is 0.589. The fourth-order valence-electron chi connectivity index (χ4n) is 1.85. The van der Waals surface area contributed by atoms with Crippen molar-refractivity contribution in [2.75, 3.05) is 0 Å². The zero-order valence-electron chi connectivity index (χ0n) is 8.83. The molecule has 1 saturated carbocycles. The van der Waals surface area contributed by atoms with Gasteiger partial charge in [0.25, 0.3) is 0 Å². The highest BCUT2D eigenvalue weighted by atomic mass is 35.7. The second-order valence-corrected chi connectivity index (χ2v) is 7.33. The zero-order valence-corrected chi connectivity index (χ0v) is 10.4. The van der Waals surface area contributed by atoms with Crippen LogP contribution in [0.25, 0.3) is 0 Å². The highest BCUT2D eigenvalue weighted by molar-refractivity contribution is 8.15. The van der Waals surface area contributed by atoms with Crippen LogP contribution in [0.2, 0.25) is 0 Å². The van der Waals surface area contributed by atoms with Crippen LogP contribution < -0.4 is 0 Å². The monoisotopic (exact) mass is 262 g/mol. The fraction of sp³-hybridized carbons (Fsp3) is 0.455. The third-order valence-corrected chi connectivity index (χ3v) is 5.71. The Morgan fingerprint density at radius 3 is 2.50 bits per heavy atom. The number of aryl methyl sites for hydroxylation is 1. The van der Waals surface area contributed by atoms with E-state index in [0.717, 1.165) is 11.1 Å². The van der Waals surface area contributed by atoms with Crippen LogP contribution in [0, 0.1) is 12.7 Å². The third kappa shape index (κ3) is 2.09. The standard InChI is InChI=1S/C11H12ClFO2S/c1-8-6-10(13)3-2-9(8)7-11(4-5-11)16(12,14)15/h2-3,6H,4-5,7H2,1H3. The second kappa shape index (κ2) is 3.70. The minimum absolute atomic E-state index is 0.306. The smallest absolute Gasteiger partial charge is 0.212 e. The minimum atomic E-state index is -3.54. The van der Waals surface area contributed by atoms with Gasteiger partial charge in [0, 0.05) is 10.7 Å². The van der Waals surface area contributed by atoms with Gasteiger partial charge in [-0.15, -0.1) is 0 Å². The normalized spacial score (nSPS) is 18.4. The van der Waals surface area contributed by atoms with Crippen molar-refractivity contribution < 1.29 is 12.8 Å². The van der Waals surface area contributed by atoms with E-state index in [0.29, 0.717) is 19.3 Å². The van der Waals surface area contributed by atoms with Gasteiger partial charge in [0.1, 0.15) is 5.82 Å². The fourth-order valence-corrected chi connectivity index (χ4v) is 3.40. The summed E-state index contributed by atoms with van der Waals surface area (Å²) in [5, 5.41) is 0. The number of rotatable bonds is 3. The maximum absolute atomic E-state index is 12.9. The van der Waals surface area contributed by atoms with Crippen LogP contribution in [-0.2, 0) is 15.5 Å². The van der Waals surface area contributed by atoms with Crippen LogP contribution >= 0.6 is 10.7 Å². The average molecular weight is 263 g/mol. The van der Waals surface area contributed by atoms with Crippen molar-refractivity contribution in [1.82, 2.24) is 0 Å². The van der Waals surface area contributed by atoms with E-state index in [4.69, 9.17) is 10.7 Å². The molecule has 0 heterocycles. The molecule has 0 aliphatic heterocycles. The molecule has 1 aliphatic carbocycles. The van der Waals surface area contributed by atoms with E-state index in [9.17, 15) is 12.8 Å². The van der Waals surface area contributed by atoms with Crippen molar-refractivity contribution in [3.05, 3.63) is 35.1 Å². The molecule has 0 N–H and O–H groups in total. The van der Waals surface area contributed by atoms with Crippen LogP contribution in [0.1, 0.15) is 24.0 Å². The molecule has 1 aromatic rings. The molecule has 0 aromatic heterocycles. The van der Waals surface area contributed by atoms with Gasteiger partial charge in [-0.2, -0.15) is 0 Å². The minimum Gasteiger partial charge on any atom is -0.212 e. The molecule has 1 fully saturated rings. The lowest BCUT2D eigenvalue weighted by Gasteiger charge is -2.13. The summed E-state index contributed by atoms with van der Waals surface area (Å²) in [5.41, 5.74) is 1.62. The molecule has 1 aliphatic rings. The van der Waals surface area contributed by atoms with Crippen molar-refractivity contribution in [2.45, 2.75) is 30.9 Å². The van der Waals surface area contributed by atoms with Gasteiger partial charge in [0.2, 0.25) is 9.05 Å². The van der Waals surface area contributed by atoms with Crippen molar-refractivity contribution in [3.8, 4) is 0 Å². The Bertz CT molecular complexity index is 521. The largest absolute Gasteiger partial charge is 0.238 e. The highest BCUT2D eigenvalue weighted by Crippen LogP contribution is 2.48. The van der Waals surface area contributed by atoms with Gasteiger partial charge in [0.15, 0.2) is 0 Å². The first-order valence-corrected chi connectivity index (χ1v) is 7.34. The van der Waals surface area contributed by atoms with Crippen LogP contribution in [0.5, 0.6) is 0 Å². The predicted octanol–water partition coefficient (Wildman–Crippen LogP) is 2.78. The Morgan fingerprint density at radius 1 is 1.44 bits per heavy atom. The van der Waals surface area contributed by atoms with Gasteiger partial charge < -0.3 is 0 Å². The SMILES string of the molecule is Cc1cc(F)ccc1CC1(S(=O)(=O)Cl)CC1. The van der Waals surface area contributed by atoms with Gasteiger partial charge in [-0.05, 0) is 49.4 Å². The first-order valence-electron chi connectivity index (χ1n) is 5.03. The number of halogens is 2. The van der Waals surface area contributed by atoms with Crippen LogP contribution in [0.4, 0.5) is 4.39 Å². The van der Waals surface area contributed by atoms with Crippen molar-refractivity contribution in [2.24, 2.45) is 0 Å². The van der Waals surface area contributed by atoms with E-state index in [2.05, 4.69) is 0 Å². The Labute approximate surface area is 98.8 Å². The topological polar surface area (TPSA) is 34.1 Å². The molecule has 88 valence electrons. The summed E-state index contributed by atoms with van der Waals surface area (Å²) in [7, 11) is 1.88. The summed E-state index contributed by atoms with van der Waals surface area (Å²) in [5.74, 6) is -0.306. The van der Waals surface area contributed by atoms with Gasteiger partial charge in [0.05, 0.1) is 4.75 Å². The number of hydrogen-bond donors (Lipinski definition) is 0. The predicted molar refractivity (Wildman–Crippen MR) is 61.6 cm³/mol. The molecule has 0 radical (unpaired) electrons. The maximum atomic E-state index is 12.9. The molecule has 0 unspecified atom stereocenters. The second-order valence-electron chi connectivity index (χ2n) is 4.37. The lowest BCUT2D eigenvalue weighted by Crippen LogP contribution is -2.21. The molecule has 5 heteroatoms. The molecular weight excluding hydrogens is 251 g/mol. The number of benzene rings is 1. The van der Waals surface area contributed by atoms with Gasteiger partial charge in [-0.3, -0.25) is 0 Å². The van der Waals surface area contributed by atoms with E-state index < -0.39 is 13.8 Å².